The van der Waals surface area contributed by atoms with Gasteiger partial charge in [0, 0.05) is 30.2 Å². The number of rotatable bonds is 4. The molecule has 24 heavy (non-hydrogen) atoms. The molecule has 9 heteroatoms. The van der Waals surface area contributed by atoms with Crippen molar-refractivity contribution in [2.75, 3.05) is 11.4 Å². The van der Waals surface area contributed by atoms with Gasteiger partial charge in [-0.1, -0.05) is 18.9 Å². The van der Waals surface area contributed by atoms with Gasteiger partial charge in [-0.15, -0.1) is 0 Å². The van der Waals surface area contributed by atoms with Crippen molar-refractivity contribution in [3.63, 3.8) is 0 Å². The van der Waals surface area contributed by atoms with Crippen molar-refractivity contribution in [1.82, 2.24) is 8.28 Å². The largest absolute Gasteiger partial charge is 0.315 e. The van der Waals surface area contributed by atoms with Crippen LogP contribution >= 0.6 is 12.8 Å². The van der Waals surface area contributed by atoms with Crippen molar-refractivity contribution in [1.29, 1.82) is 0 Å². The lowest BCUT2D eigenvalue weighted by Gasteiger charge is -2.21. The van der Waals surface area contributed by atoms with Crippen LogP contribution < -0.4 is 10.5 Å². The second kappa shape index (κ2) is 7.16. The summed E-state index contributed by atoms with van der Waals surface area (Å²) in [4.78, 5) is 26.0. The maximum atomic E-state index is 12.5. The summed E-state index contributed by atoms with van der Waals surface area (Å²) in [5.74, 6) is -0.147. The molecule has 2 heterocycles. The fourth-order valence-electron chi connectivity index (χ4n) is 2.67. The standard InChI is InChI=1S/C15H15N3O3S3/c19-14-3-1-2-9-16(14)11-4-6-12(7-5-11)17-10-8-13(15(17)20)18(22)24(21)23/h1-7,9,13,22H,8,10H2,(H,21,23). The Hall–Kier alpha value is -1.52. The van der Waals surface area contributed by atoms with Crippen molar-refractivity contribution in [2.45, 2.75) is 12.5 Å². The molecule has 1 amide bonds. The normalized spacial score (nSPS) is 19.0. The summed E-state index contributed by atoms with van der Waals surface area (Å²) in [6.07, 6.45) is 2.24. The molecule has 1 aliphatic heterocycles. The molecule has 0 saturated carbocycles. The highest BCUT2D eigenvalue weighted by atomic mass is 32.8. The number of benzene rings is 1. The SMILES string of the molecule is O=C1C(N(S)S(O)=S)CCN1c1ccc(-n2ccccc2=O)cc1. The van der Waals surface area contributed by atoms with Crippen molar-refractivity contribution in [3.05, 3.63) is 59.0 Å². The average molecular weight is 382 g/mol. The Bertz CT molecular complexity index is 838. The third kappa shape index (κ3) is 3.31. The van der Waals surface area contributed by atoms with Crippen LogP contribution in [0.25, 0.3) is 5.69 Å². The first kappa shape index (κ1) is 17.3. The van der Waals surface area contributed by atoms with E-state index in [1.807, 2.05) is 0 Å². The number of carbonyl (C=O) groups is 1. The second-order valence-electron chi connectivity index (χ2n) is 5.25. The van der Waals surface area contributed by atoms with E-state index in [2.05, 4.69) is 12.8 Å². The summed E-state index contributed by atoms with van der Waals surface area (Å²) in [6, 6.07) is 11.6. The molecular formula is C15H15N3O3S3. The highest BCUT2D eigenvalue weighted by Crippen LogP contribution is 2.26. The van der Waals surface area contributed by atoms with Gasteiger partial charge in [-0.2, -0.15) is 3.71 Å². The number of hydrogen-bond donors (Lipinski definition) is 2. The monoisotopic (exact) mass is 381 g/mol. The van der Waals surface area contributed by atoms with Crippen LogP contribution in [-0.2, 0) is 25.9 Å². The molecule has 126 valence electrons. The lowest BCUT2D eigenvalue weighted by Crippen LogP contribution is -2.37. The first-order chi connectivity index (χ1) is 11.5. The zero-order valence-corrected chi connectivity index (χ0v) is 15.0. The summed E-state index contributed by atoms with van der Waals surface area (Å²) < 4.78 is 12.2. The van der Waals surface area contributed by atoms with Crippen LogP contribution in [0.1, 0.15) is 6.42 Å². The Morgan fingerprint density at radius 1 is 1.17 bits per heavy atom. The van der Waals surface area contributed by atoms with Gasteiger partial charge in [-0.05, 0) is 47.9 Å². The number of hydrogen-bond acceptors (Lipinski definition) is 4. The minimum absolute atomic E-state index is 0.117. The molecule has 1 aliphatic rings. The lowest BCUT2D eigenvalue weighted by atomic mass is 10.2. The fraction of sp³-hybridized carbons (Fsp3) is 0.200. The molecule has 2 atom stereocenters. The van der Waals surface area contributed by atoms with Gasteiger partial charge in [0.1, 0.15) is 6.04 Å². The van der Waals surface area contributed by atoms with Crippen LogP contribution in [0.3, 0.4) is 0 Å². The zero-order valence-electron chi connectivity index (χ0n) is 12.5. The van der Waals surface area contributed by atoms with Gasteiger partial charge in [0.25, 0.3) is 5.56 Å². The summed E-state index contributed by atoms with van der Waals surface area (Å²) in [5.41, 5.74) is 1.35. The molecule has 3 rings (SSSR count). The van der Waals surface area contributed by atoms with E-state index in [0.717, 1.165) is 11.4 Å². The van der Waals surface area contributed by atoms with Crippen LogP contribution in [-0.4, -0.2) is 31.3 Å². The molecule has 1 saturated heterocycles. The van der Waals surface area contributed by atoms with Crippen molar-refractivity contribution in [2.24, 2.45) is 0 Å². The number of carbonyl (C=O) groups excluding carboxylic acids is 1. The number of amides is 1. The molecular weight excluding hydrogens is 366 g/mol. The molecule has 1 fully saturated rings. The van der Waals surface area contributed by atoms with Crippen LogP contribution in [0.2, 0.25) is 0 Å². The summed E-state index contributed by atoms with van der Waals surface area (Å²) >= 11 is 8.87. The molecule has 0 spiro atoms. The Balaban J connectivity index is 1.82. The molecule has 6 nitrogen and oxygen atoms in total. The van der Waals surface area contributed by atoms with E-state index in [1.165, 1.54) is 14.3 Å². The van der Waals surface area contributed by atoms with Gasteiger partial charge in [-0.3, -0.25) is 14.2 Å². The van der Waals surface area contributed by atoms with Gasteiger partial charge >= 0.3 is 0 Å². The molecule has 0 bridgehead atoms. The summed E-state index contributed by atoms with van der Waals surface area (Å²) in [7, 11) is -1.48. The third-order valence-corrected chi connectivity index (χ3v) is 6.00. The molecule has 0 aliphatic carbocycles. The molecule has 1 aromatic heterocycles. The Morgan fingerprint density at radius 3 is 2.46 bits per heavy atom. The fourth-order valence-corrected chi connectivity index (χ4v) is 3.61. The maximum Gasteiger partial charge on any atom is 0.255 e. The van der Waals surface area contributed by atoms with E-state index in [0.29, 0.717) is 13.0 Å². The van der Waals surface area contributed by atoms with Crippen molar-refractivity contribution in [3.8, 4) is 5.69 Å². The quantitative estimate of drug-likeness (QED) is 0.787. The first-order valence-electron chi connectivity index (χ1n) is 7.17. The summed E-state index contributed by atoms with van der Waals surface area (Å²) in [6.45, 7) is 0.526. The predicted molar refractivity (Wildman–Crippen MR) is 101 cm³/mol. The number of nitrogens with zero attached hydrogens (tertiary/aromatic N) is 3. The Kier molecular flexibility index (Phi) is 5.16. The van der Waals surface area contributed by atoms with E-state index in [4.69, 9.17) is 11.2 Å². The predicted octanol–water partition coefficient (Wildman–Crippen LogP) is 1.56. The lowest BCUT2D eigenvalue weighted by molar-refractivity contribution is -0.119. The molecule has 1 aromatic carbocycles. The van der Waals surface area contributed by atoms with Crippen LogP contribution in [0.15, 0.2) is 53.5 Å². The molecule has 2 unspecified atom stereocenters. The van der Waals surface area contributed by atoms with E-state index in [-0.39, 0.29) is 11.5 Å². The Labute approximate surface area is 151 Å². The van der Waals surface area contributed by atoms with E-state index < -0.39 is 16.0 Å². The van der Waals surface area contributed by atoms with Gasteiger partial charge < -0.3 is 9.45 Å². The Morgan fingerprint density at radius 2 is 1.83 bits per heavy atom. The number of anilines is 1. The van der Waals surface area contributed by atoms with Gasteiger partial charge in [0.2, 0.25) is 5.91 Å². The molecule has 2 aromatic rings. The van der Waals surface area contributed by atoms with Gasteiger partial charge in [0.05, 0.1) is 9.92 Å². The zero-order chi connectivity index (χ0) is 17.3. The number of aromatic nitrogens is 1. The van der Waals surface area contributed by atoms with Crippen LogP contribution in [0.5, 0.6) is 0 Å². The van der Waals surface area contributed by atoms with E-state index in [9.17, 15) is 14.1 Å². The average Bonchev–Trinajstić information content (AvgIpc) is 2.96. The van der Waals surface area contributed by atoms with E-state index >= 15 is 0 Å². The van der Waals surface area contributed by atoms with Crippen molar-refractivity contribution >= 4 is 45.5 Å². The number of thiol groups is 1. The minimum atomic E-state index is -1.48. The highest BCUT2D eigenvalue weighted by molar-refractivity contribution is 8.27. The van der Waals surface area contributed by atoms with Crippen LogP contribution in [0, 0.1) is 0 Å². The van der Waals surface area contributed by atoms with Crippen molar-refractivity contribution < 1.29 is 9.35 Å². The smallest absolute Gasteiger partial charge is 0.255 e. The number of pyridine rings is 1. The topological polar surface area (TPSA) is 65.8 Å². The van der Waals surface area contributed by atoms with Gasteiger partial charge in [-0.25, -0.2) is 0 Å². The second-order valence-corrected chi connectivity index (χ2v) is 7.70. The first-order valence-corrected chi connectivity index (χ1v) is 9.64. The third-order valence-electron chi connectivity index (χ3n) is 3.87. The highest BCUT2D eigenvalue weighted by Gasteiger charge is 2.37. The minimum Gasteiger partial charge on any atom is -0.315 e. The van der Waals surface area contributed by atoms with Crippen LogP contribution in [0.4, 0.5) is 5.69 Å². The van der Waals surface area contributed by atoms with E-state index in [1.54, 1.807) is 47.5 Å². The summed E-state index contributed by atoms with van der Waals surface area (Å²) in [5, 5.41) is 0. The maximum absolute atomic E-state index is 12.5. The molecule has 1 N–H and O–H groups in total. The van der Waals surface area contributed by atoms with Gasteiger partial charge in [0.15, 0.2) is 0 Å². The molecule has 0 radical (unpaired) electrons.